The van der Waals surface area contributed by atoms with E-state index in [4.69, 9.17) is 17.3 Å². The average molecular weight is 289 g/mol. The summed E-state index contributed by atoms with van der Waals surface area (Å²) in [4.78, 5) is 12.0. The Hall–Kier alpha value is -0.930. The van der Waals surface area contributed by atoms with Gasteiger partial charge in [-0.05, 0) is 37.5 Å². The summed E-state index contributed by atoms with van der Waals surface area (Å²) in [6, 6.07) is 5.15. The lowest BCUT2D eigenvalue weighted by Crippen LogP contribution is -2.33. The third kappa shape index (κ3) is 4.07. The topological polar surface area (TPSA) is 55.1 Å². The zero-order chi connectivity index (χ0) is 12.4. The first-order valence-electron chi connectivity index (χ1n) is 5.92. The Morgan fingerprint density at radius 1 is 1.56 bits per heavy atom. The molecule has 0 heterocycles. The SMILES string of the molecule is CC(CC1CC1)NC(=O)c1ccc(N)cc1Cl.Cl. The van der Waals surface area contributed by atoms with Gasteiger partial charge >= 0.3 is 0 Å². The van der Waals surface area contributed by atoms with Crippen LogP contribution >= 0.6 is 24.0 Å². The van der Waals surface area contributed by atoms with E-state index in [-0.39, 0.29) is 24.4 Å². The van der Waals surface area contributed by atoms with Gasteiger partial charge in [0.2, 0.25) is 0 Å². The smallest absolute Gasteiger partial charge is 0.253 e. The number of amides is 1. The van der Waals surface area contributed by atoms with Crippen molar-refractivity contribution in [1.82, 2.24) is 5.32 Å². The van der Waals surface area contributed by atoms with E-state index < -0.39 is 0 Å². The molecule has 2 rings (SSSR count). The normalized spacial score (nSPS) is 15.7. The van der Waals surface area contributed by atoms with Gasteiger partial charge in [0.15, 0.2) is 0 Å². The summed E-state index contributed by atoms with van der Waals surface area (Å²) in [5, 5.41) is 3.37. The van der Waals surface area contributed by atoms with E-state index in [2.05, 4.69) is 5.32 Å². The lowest BCUT2D eigenvalue weighted by atomic mass is 10.1. The quantitative estimate of drug-likeness (QED) is 0.836. The highest BCUT2D eigenvalue weighted by Gasteiger charge is 2.24. The van der Waals surface area contributed by atoms with Crippen LogP contribution in [0.5, 0.6) is 0 Å². The monoisotopic (exact) mass is 288 g/mol. The van der Waals surface area contributed by atoms with Crippen LogP contribution in [0.3, 0.4) is 0 Å². The molecule has 0 spiro atoms. The molecule has 0 bridgehead atoms. The molecule has 0 aromatic heterocycles. The van der Waals surface area contributed by atoms with E-state index in [0.717, 1.165) is 12.3 Å². The number of carbonyl (C=O) groups excluding carboxylic acids is 1. The number of nitrogen functional groups attached to an aromatic ring is 1. The first-order valence-corrected chi connectivity index (χ1v) is 6.30. The number of rotatable bonds is 4. The van der Waals surface area contributed by atoms with Gasteiger partial charge < -0.3 is 11.1 Å². The van der Waals surface area contributed by atoms with Crippen LogP contribution in [0.2, 0.25) is 5.02 Å². The third-order valence-electron chi connectivity index (χ3n) is 3.00. The van der Waals surface area contributed by atoms with Crippen LogP contribution in [-0.4, -0.2) is 11.9 Å². The molecular weight excluding hydrogens is 271 g/mol. The zero-order valence-corrected chi connectivity index (χ0v) is 11.9. The maximum absolute atomic E-state index is 12.0. The van der Waals surface area contributed by atoms with Crippen LogP contribution in [0, 0.1) is 5.92 Å². The van der Waals surface area contributed by atoms with Crippen molar-refractivity contribution in [2.75, 3.05) is 5.73 Å². The largest absolute Gasteiger partial charge is 0.399 e. The molecular formula is C13H18Cl2N2O. The second kappa shape index (κ2) is 6.30. The fraction of sp³-hybridized carbons (Fsp3) is 0.462. The van der Waals surface area contributed by atoms with Gasteiger partial charge in [-0.15, -0.1) is 12.4 Å². The molecule has 1 fully saturated rings. The molecule has 3 N–H and O–H groups in total. The van der Waals surface area contributed by atoms with E-state index in [1.165, 1.54) is 12.8 Å². The van der Waals surface area contributed by atoms with Gasteiger partial charge in [-0.25, -0.2) is 0 Å². The average Bonchev–Trinajstić information content (AvgIpc) is 3.00. The lowest BCUT2D eigenvalue weighted by molar-refractivity contribution is 0.0937. The summed E-state index contributed by atoms with van der Waals surface area (Å²) in [5.74, 6) is 0.676. The summed E-state index contributed by atoms with van der Waals surface area (Å²) in [5.41, 5.74) is 6.64. The number of nitrogens with two attached hydrogens (primary N) is 1. The predicted molar refractivity (Wildman–Crippen MR) is 77.4 cm³/mol. The second-order valence-electron chi connectivity index (χ2n) is 4.79. The highest BCUT2D eigenvalue weighted by Crippen LogP contribution is 2.33. The fourth-order valence-corrected chi connectivity index (χ4v) is 2.20. The maximum Gasteiger partial charge on any atom is 0.253 e. The van der Waals surface area contributed by atoms with Crippen molar-refractivity contribution in [3.8, 4) is 0 Å². The maximum atomic E-state index is 12.0. The number of anilines is 1. The highest BCUT2D eigenvalue weighted by molar-refractivity contribution is 6.34. The van der Waals surface area contributed by atoms with Gasteiger partial charge in [-0.3, -0.25) is 4.79 Å². The number of benzene rings is 1. The van der Waals surface area contributed by atoms with Crippen molar-refractivity contribution < 1.29 is 4.79 Å². The van der Waals surface area contributed by atoms with Gasteiger partial charge in [-0.2, -0.15) is 0 Å². The summed E-state index contributed by atoms with van der Waals surface area (Å²) in [6.45, 7) is 2.03. The number of hydrogen-bond donors (Lipinski definition) is 2. The van der Waals surface area contributed by atoms with Crippen LogP contribution in [0.25, 0.3) is 0 Å². The molecule has 0 saturated heterocycles. The van der Waals surface area contributed by atoms with Gasteiger partial charge in [0.05, 0.1) is 10.6 Å². The number of nitrogens with one attached hydrogen (secondary N) is 1. The van der Waals surface area contributed by atoms with E-state index in [1.807, 2.05) is 6.92 Å². The van der Waals surface area contributed by atoms with E-state index >= 15 is 0 Å². The Labute approximate surface area is 118 Å². The molecule has 1 atom stereocenters. The van der Waals surface area contributed by atoms with Gasteiger partial charge in [0.1, 0.15) is 0 Å². The molecule has 3 nitrogen and oxygen atoms in total. The van der Waals surface area contributed by atoms with Crippen LogP contribution in [-0.2, 0) is 0 Å². The molecule has 1 aliphatic carbocycles. The molecule has 0 aliphatic heterocycles. The Morgan fingerprint density at radius 3 is 2.78 bits per heavy atom. The first-order chi connectivity index (χ1) is 8.06. The first kappa shape index (κ1) is 15.1. The molecule has 1 saturated carbocycles. The van der Waals surface area contributed by atoms with Crippen LogP contribution in [0.4, 0.5) is 5.69 Å². The minimum Gasteiger partial charge on any atom is -0.399 e. The number of hydrogen-bond acceptors (Lipinski definition) is 2. The number of carbonyl (C=O) groups is 1. The summed E-state index contributed by atoms with van der Waals surface area (Å²) >= 11 is 5.99. The van der Waals surface area contributed by atoms with Crippen molar-refractivity contribution >= 4 is 35.6 Å². The van der Waals surface area contributed by atoms with Gasteiger partial charge in [0.25, 0.3) is 5.91 Å². The Bertz CT molecular complexity index is 433. The van der Waals surface area contributed by atoms with Crippen LogP contribution in [0.15, 0.2) is 18.2 Å². The molecule has 1 aromatic rings. The lowest BCUT2D eigenvalue weighted by Gasteiger charge is -2.14. The minimum absolute atomic E-state index is 0. The molecule has 1 amide bonds. The van der Waals surface area contributed by atoms with Crippen molar-refractivity contribution in [3.63, 3.8) is 0 Å². The number of halogens is 2. The Morgan fingerprint density at radius 2 is 2.22 bits per heavy atom. The van der Waals surface area contributed by atoms with E-state index in [1.54, 1.807) is 18.2 Å². The van der Waals surface area contributed by atoms with E-state index in [9.17, 15) is 4.79 Å². The molecule has 1 aliphatic rings. The van der Waals surface area contributed by atoms with Crippen LogP contribution < -0.4 is 11.1 Å². The molecule has 1 aromatic carbocycles. The summed E-state index contributed by atoms with van der Waals surface area (Å²) in [6.07, 6.45) is 3.64. The standard InChI is InChI=1S/C13H17ClN2O.ClH/c1-8(6-9-2-3-9)16-13(17)11-5-4-10(15)7-12(11)14;/h4-5,7-9H,2-3,6,15H2,1H3,(H,16,17);1H. The summed E-state index contributed by atoms with van der Waals surface area (Å²) in [7, 11) is 0. The Balaban J connectivity index is 0.00000162. The van der Waals surface area contributed by atoms with Gasteiger partial charge in [0, 0.05) is 11.7 Å². The van der Waals surface area contributed by atoms with Crippen LogP contribution in [0.1, 0.15) is 36.5 Å². The van der Waals surface area contributed by atoms with E-state index in [0.29, 0.717) is 16.3 Å². The van der Waals surface area contributed by atoms with Crippen molar-refractivity contribution in [2.24, 2.45) is 5.92 Å². The van der Waals surface area contributed by atoms with Crippen molar-refractivity contribution in [1.29, 1.82) is 0 Å². The zero-order valence-electron chi connectivity index (χ0n) is 10.3. The second-order valence-corrected chi connectivity index (χ2v) is 5.20. The summed E-state index contributed by atoms with van der Waals surface area (Å²) < 4.78 is 0. The fourth-order valence-electron chi connectivity index (χ4n) is 1.93. The minimum atomic E-state index is -0.122. The van der Waals surface area contributed by atoms with Crippen molar-refractivity contribution in [3.05, 3.63) is 28.8 Å². The molecule has 5 heteroatoms. The third-order valence-corrected chi connectivity index (χ3v) is 3.31. The molecule has 1 unspecified atom stereocenters. The van der Waals surface area contributed by atoms with Crippen molar-refractivity contribution in [2.45, 2.75) is 32.2 Å². The molecule has 18 heavy (non-hydrogen) atoms. The Kier molecular flexibility index (Phi) is 5.29. The molecule has 100 valence electrons. The predicted octanol–water partition coefficient (Wildman–Crippen LogP) is 3.26. The van der Waals surface area contributed by atoms with Gasteiger partial charge in [-0.1, -0.05) is 24.4 Å². The molecule has 0 radical (unpaired) electrons. The highest BCUT2D eigenvalue weighted by atomic mass is 35.5.